The highest BCUT2D eigenvalue weighted by Gasteiger charge is 2.32. The van der Waals surface area contributed by atoms with Gasteiger partial charge in [0.25, 0.3) is 0 Å². The van der Waals surface area contributed by atoms with Crippen LogP contribution in [0.1, 0.15) is 34.7 Å². The Hall–Kier alpha value is -2.87. The maximum absolute atomic E-state index is 13.3. The van der Waals surface area contributed by atoms with Gasteiger partial charge >= 0.3 is 6.18 Å². The van der Waals surface area contributed by atoms with Gasteiger partial charge in [-0.25, -0.2) is 4.98 Å². The second kappa shape index (κ2) is 8.87. The van der Waals surface area contributed by atoms with E-state index in [4.69, 9.17) is 0 Å². The summed E-state index contributed by atoms with van der Waals surface area (Å²) in [5.74, 6) is -0.786. The fourth-order valence-corrected chi connectivity index (χ4v) is 3.36. The van der Waals surface area contributed by atoms with E-state index in [1.54, 1.807) is 12.3 Å². The highest BCUT2D eigenvalue weighted by molar-refractivity contribution is 5.77. The van der Waals surface area contributed by atoms with Crippen LogP contribution in [0.2, 0.25) is 0 Å². The third-order valence-electron chi connectivity index (χ3n) is 4.94. The van der Waals surface area contributed by atoms with Crippen molar-refractivity contribution in [3.05, 3.63) is 71.2 Å². The average molecular weight is 418 g/mol. The first-order valence-electron chi connectivity index (χ1n) is 9.67. The average Bonchev–Trinajstić information content (AvgIpc) is 3.08. The number of amides is 1. The lowest BCUT2D eigenvalue weighted by molar-refractivity contribution is -0.137. The van der Waals surface area contributed by atoms with Crippen LogP contribution in [0.25, 0.3) is 5.65 Å². The molecule has 8 heteroatoms. The molecule has 1 unspecified atom stereocenters. The van der Waals surface area contributed by atoms with E-state index in [2.05, 4.69) is 10.3 Å². The van der Waals surface area contributed by atoms with Gasteiger partial charge < -0.3 is 14.6 Å². The number of aryl methyl sites for hydroxylation is 1. The summed E-state index contributed by atoms with van der Waals surface area (Å²) in [6, 6.07) is 8.95. The molecule has 0 radical (unpaired) electrons. The molecule has 2 aromatic heterocycles. The van der Waals surface area contributed by atoms with E-state index in [9.17, 15) is 18.0 Å². The molecule has 1 atom stereocenters. The molecule has 1 aromatic carbocycles. The van der Waals surface area contributed by atoms with Crippen molar-refractivity contribution in [2.75, 3.05) is 27.2 Å². The number of aromatic nitrogens is 2. The molecule has 0 spiro atoms. The van der Waals surface area contributed by atoms with Crippen molar-refractivity contribution in [1.29, 1.82) is 0 Å². The van der Waals surface area contributed by atoms with Crippen molar-refractivity contribution in [3.8, 4) is 0 Å². The zero-order chi connectivity index (χ0) is 21.9. The summed E-state index contributed by atoms with van der Waals surface area (Å²) < 4.78 is 41.6. The lowest BCUT2D eigenvalue weighted by Crippen LogP contribution is -2.32. The quantitative estimate of drug-likeness (QED) is 0.634. The van der Waals surface area contributed by atoms with Crippen molar-refractivity contribution < 1.29 is 18.0 Å². The Labute approximate surface area is 173 Å². The molecule has 0 aliphatic heterocycles. The van der Waals surface area contributed by atoms with Gasteiger partial charge in [0.05, 0.1) is 11.3 Å². The van der Waals surface area contributed by atoms with Gasteiger partial charge in [0.1, 0.15) is 5.65 Å². The number of hydrogen-bond acceptors (Lipinski definition) is 3. The lowest BCUT2D eigenvalue weighted by Gasteiger charge is -2.19. The van der Waals surface area contributed by atoms with Crippen molar-refractivity contribution >= 4 is 11.6 Å². The number of benzene rings is 1. The normalized spacial score (nSPS) is 13.0. The summed E-state index contributed by atoms with van der Waals surface area (Å²) in [7, 11) is 3.80. The standard InChI is InChI=1S/C22H25F3N4O/c1-15-7-9-29-19(14-27-20(29)11-15)18(13-21(30)26-8-10-28(2)3)16-5-4-6-17(12-16)22(23,24)25/h4-7,9,11-12,14,18H,8,10,13H2,1-3H3,(H,26,30). The minimum absolute atomic E-state index is 0.0242. The van der Waals surface area contributed by atoms with Crippen LogP contribution in [0.3, 0.4) is 0 Å². The predicted octanol–water partition coefficient (Wildman–Crippen LogP) is 3.86. The lowest BCUT2D eigenvalue weighted by atomic mass is 9.91. The van der Waals surface area contributed by atoms with Crippen LogP contribution in [0, 0.1) is 6.92 Å². The molecule has 0 aliphatic rings. The molecule has 0 saturated carbocycles. The minimum Gasteiger partial charge on any atom is -0.355 e. The van der Waals surface area contributed by atoms with Crippen molar-refractivity contribution in [1.82, 2.24) is 19.6 Å². The Morgan fingerprint density at radius 1 is 1.23 bits per heavy atom. The van der Waals surface area contributed by atoms with Crippen LogP contribution >= 0.6 is 0 Å². The zero-order valence-electron chi connectivity index (χ0n) is 17.2. The molecule has 30 heavy (non-hydrogen) atoms. The molecular formula is C22H25F3N4O. The van der Waals surface area contributed by atoms with E-state index in [1.807, 2.05) is 48.6 Å². The summed E-state index contributed by atoms with van der Waals surface area (Å²) in [5, 5.41) is 2.85. The number of carbonyl (C=O) groups excluding carboxylic acids is 1. The van der Waals surface area contributed by atoms with Crippen molar-refractivity contribution in [3.63, 3.8) is 0 Å². The number of nitrogens with zero attached hydrogens (tertiary/aromatic N) is 3. The van der Waals surface area contributed by atoms with E-state index in [1.165, 1.54) is 6.07 Å². The number of imidazole rings is 1. The van der Waals surface area contributed by atoms with Crippen LogP contribution in [-0.2, 0) is 11.0 Å². The molecule has 3 rings (SSSR count). The summed E-state index contributed by atoms with van der Waals surface area (Å²) in [6.45, 7) is 3.08. The second-order valence-corrected chi connectivity index (χ2v) is 7.65. The van der Waals surface area contributed by atoms with Crippen molar-refractivity contribution in [2.24, 2.45) is 0 Å². The molecule has 1 amide bonds. The molecule has 160 valence electrons. The molecule has 2 heterocycles. The Kier molecular flexibility index (Phi) is 6.45. The first-order chi connectivity index (χ1) is 14.1. The molecule has 0 aliphatic carbocycles. The highest BCUT2D eigenvalue weighted by Crippen LogP contribution is 2.34. The highest BCUT2D eigenvalue weighted by atomic mass is 19.4. The first kappa shape index (κ1) is 21.8. The summed E-state index contributed by atoms with van der Waals surface area (Å²) in [5.41, 5.74) is 2.08. The summed E-state index contributed by atoms with van der Waals surface area (Å²) in [6.07, 6.45) is -0.966. The molecule has 5 nitrogen and oxygen atoms in total. The van der Waals surface area contributed by atoms with Gasteiger partial charge in [0.15, 0.2) is 0 Å². The number of hydrogen-bond donors (Lipinski definition) is 1. The van der Waals surface area contributed by atoms with E-state index in [0.717, 1.165) is 17.7 Å². The Morgan fingerprint density at radius 2 is 2.00 bits per heavy atom. The predicted molar refractivity (Wildman–Crippen MR) is 109 cm³/mol. The number of likely N-dealkylation sites (N-methyl/N-ethyl adjacent to an activating group) is 1. The van der Waals surface area contributed by atoms with Gasteiger partial charge in [0.2, 0.25) is 5.91 Å². The number of rotatable bonds is 7. The minimum atomic E-state index is -4.45. The fraction of sp³-hybridized carbons (Fsp3) is 0.364. The number of carbonyl (C=O) groups is 1. The SMILES string of the molecule is Cc1ccn2c(C(CC(=O)NCCN(C)C)c3cccc(C(F)(F)F)c3)cnc2c1. The monoisotopic (exact) mass is 418 g/mol. The van der Waals surface area contributed by atoms with Crippen molar-refractivity contribution in [2.45, 2.75) is 25.4 Å². The van der Waals surface area contributed by atoms with E-state index >= 15 is 0 Å². The molecule has 1 N–H and O–H groups in total. The largest absolute Gasteiger partial charge is 0.416 e. The molecule has 0 saturated heterocycles. The Bertz CT molecular complexity index is 1030. The van der Waals surface area contributed by atoms with Crippen LogP contribution in [0.15, 0.2) is 48.8 Å². The Morgan fingerprint density at radius 3 is 2.70 bits per heavy atom. The van der Waals surface area contributed by atoms with Crippen LogP contribution in [0.4, 0.5) is 13.2 Å². The molecule has 0 bridgehead atoms. The molecule has 3 aromatic rings. The van der Waals surface area contributed by atoms with E-state index in [0.29, 0.717) is 30.0 Å². The summed E-state index contributed by atoms with van der Waals surface area (Å²) >= 11 is 0. The van der Waals surface area contributed by atoms with Gasteiger partial charge in [-0.2, -0.15) is 13.2 Å². The van der Waals surface area contributed by atoms with E-state index < -0.39 is 17.7 Å². The fourth-order valence-electron chi connectivity index (χ4n) is 3.36. The first-order valence-corrected chi connectivity index (χ1v) is 9.67. The number of pyridine rings is 1. The summed E-state index contributed by atoms with van der Waals surface area (Å²) in [4.78, 5) is 18.9. The topological polar surface area (TPSA) is 49.6 Å². The maximum atomic E-state index is 13.3. The third kappa shape index (κ3) is 5.18. The van der Waals surface area contributed by atoms with Crippen LogP contribution in [-0.4, -0.2) is 47.4 Å². The van der Waals surface area contributed by atoms with Gasteiger partial charge in [-0.15, -0.1) is 0 Å². The molecular weight excluding hydrogens is 393 g/mol. The molecule has 0 fully saturated rings. The zero-order valence-corrected chi connectivity index (χ0v) is 17.2. The number of halogens is 3. The van der Waals surface area contributed by atoms with Gasteiger partial charge in [-0.05, 0) is 50.3 Å². The third-order valence-corrected chi connectivity index (χ3v) is 4.94. The van der Waals surface area contributed by atoms with Gasteiger partial charge in [-0.3, -0.25) is 4.79 Å². The van der Waals surface area contributed by atoms with Crippen LogP contribution in [0.5, 0.6) is 0 Å². The van der Waals surface area contributed by atoms with Gasteiger partial charge in [-0.1, -0.05) is 18.2 Å². The van der Waals surface area contributed by atoms with Crippen LogP contribution < -0.4 is 5.32 Å². The number of nitrogens with one attached hydrogen (secondary N) is 1. The van der Waals surface area contributed by atoms with Gasteiger partial charge in [0, 0.05) is 37.8 Å². The Balaban J connectivity index is 1.97. The maximum Gasteiger partial charge on any atom is 0.416 e. The second-order valence-electron chi connectivity index (χ2n) is 7.65. The number of alkyl halides is 3. The smallest absolute Gasteiger partial charge is 0.355 e. The number of fused-ring (bicyclic) bond motifs is 1. The van der Waals surface area contributed by atoms with E-state index in [-0.39, 0.29) is 12.3 Å².